The number of nitrogens with one attached hydrogen (secondary N) is 1. The number of fused-ring (bicyclic) bond motifs is 1. The van der Waals surface area contributed by atoms with Crippen LogP contribution in [0.3, 0.4) is 0 Å². The zero-order valence-electron chi connectivity index (χ0n) is 13.8. The Morgan fingerprint density at radius 3 is 2.79 bits per heavy atom. The monoisotopic (exact) mass is 337 g/mol. The van der Waals surface area contributed by atoms with Gasteiger partial charge in [-0.25, -0.2) is 0 Å². The summed E-state index contributed by atoms with van der Waals surface area (Å²) in [7, 11) is 0. The fourth-order valence-electron chi connectivity index (χ4n) is 3.11. The molecule has 0 spiro atoms. The molecule has 0 saturated heterocycles. The van der Waals surface area contributed by atoms with Crippen molar-refractivity contribution in [3.63, 3.8) is 0 Å². The molecule has 1 N–H and O–H groups in total. The smallest absolute Gasteiger partial charge is 0.230 e. The van der Waals surface area contributed by atoms with Gasteiger partial charge in [0.15, 0.2) is 0 Å². The highest BCUT2D eigenvalue weighted by Crippen LogP contribution is 2.29. The van der Waals surface area contributed by atoms with Crippen molar-refractivity contribution in [1.29, 1.82) is 0 Å². The van der Waals surface area contributed by atoms with E-state index in [2.05, 4.69) is 53.9 Å². The Balaban J connectivity index is 1.43. The fraction of sp³-hybridized carbons (Fsp3) is 0.286. The van der Waals surface area contributed by atoms with Crippen molar-refractivity contribution in [2.75, 3.05) is 11.5 Å². The molecule has 0 bridgehead atoms. The molecule has 2 aromatic carbocycles. The molecule has 3 heteroatoms. The lowest BCUT2D eigenvalue weighted by Crippen LogP contribution is -2.32. The van der Waals surface area contributed by atoms with Gasteiger partial charge in [0.05, 0.1) is 11.8 Å². The van der Waals surface area contributed by atoms with Crippen LogP contribution >= 0.6 is 11.8 Å². The van der Waals surface area contributed by atoms with E-state index in [1.807, 2.05) is 18.2 Å². The summed E-state index contributed by atoms with van der Waals surface area (Å²) in [5.41, 5.74) is 3.87. The molecule has 1 aliphatic carbocycles. The van der Waals surface area contributed by atoms with E-state index in [-0.39, 0.29) is 11.9 Å². The van der Waals surface area contributed by atoms with Crippen molar-refractivity contribution < 1.29 is 4.79 Å². The lowest BCUT2D eigenvalue weighted by Gasteiger charge is -2.26. The number of benzene rings is 2. The Labute approximate surface area is 148 Å². The number of carbonyl (C=O) groups is 1. The van der Waals surface area contributed by atoms with Crippen molar-refractivity contribution in [3.05, 3.63) is 77.4 Å². The Kier molecular flexibility index (Phi) is 6.13. The van der Waals surface area contributed by atoms with Crippen LogP contribution in [0.25, 0.3) is 6.08 Å². The average molecular weight is 337 g/mol. The van der Waals surface area contributed by atoms with Crippen molar-refractivity contribution >= 4 is 23.7 Å². The Hall–Kier alpha value is -2.00. The first kappa shape index (κ1) is 16.8. The minimum absolute atomic E-state index is 0.134. The topological polar surface area (TPSA) is 29.1 Å². The normalized spacial score (nSPS) is 16.8. The van der Waals surface area contributed by atoms with Crippen LogP contribution in [-0.4, -0.2) is 17.4 Å². The summed E-state index contributed by atoms with van der Waals surface area (Å²) in [4.78, 5) is 12.2. The molecular formula is C21H23NOS. The van der Waals surface area contributed by atoms with Gasteiger partial charge in [0, 0.05) is 5.75 Å². The van der Waals surface area contributed by atoms with Crippen LogP contribution in [0.15, 0.2) is 60.7 Å². The molecular weight excluding hydrogens is 314 g/mol. The Morgan fingerprint density at radius 2 is 1.92 bits per heavy atom. The summed E-state index contributed by atoms with van der Waals surface area (Å²) in [6.45, 7) is 0. The lowest BCUT2D eigenvalue weighted by molar-refractivity contribution is -0.119. The van der Waals surface area contributed by atoms with E-state index in [4.69, 9.17) is 0 Å². The largest absolute Gasteiger partial charge is 0.349 e. The van der Waals surface area contributed by atoms with Crippen LogP contribution in [-0.2, 0) is 11.2 Å². The molecule has 3 rings (SSSR count). The second-order valence-electron chi connectivity index (χ2n) is 6.04. The first-order chi connectivity index (χ1) is 11.8. The molecule has 2 aromatic rings. The quantitative estimate of drug-likeness (QED) is 0.779. The number of amides is 1. The maximum Gasteiger partial charge on any atom is 0.230 e. The van der Waals surface area contributed by atoms with Crippen molar-refractivity contribution in [1.82, 2.24) is 5.32 Å². The highest BCUT2D eigenvalue weighted by atomic mass is 32.2. The fourth-order valence-corrected chi connectivity index (χ4v) is 3.73. The summed E-state index contributed by atoms with van der Waals surface area (Å²) in [5.74, 6) is 1.50. The molecule has 24 heavy (non-hydrogen) atoms. The van der Waals surface area contributed by atoms with Gasteiger partial charge in [-0.2, -0.15) is 0 Å². The summed E-state index contributed by atoms with van der Waals surface area (Å²) in [6.07, 6.45) is 7.53. The van der Waals surface area contributed by atoms with Crippen LogP contribution in [0.2, 0.25) is 0 Å². The number of hydrogen-bond donors (Lipinski definition) is 1. The number of hydrogen-bond acceptors (Lipinski definition) is 2. The molecule has 2 nitrogen and oxygen atoms in total. The number of aryl methyl sites for hydroxylation is 1. The zero-order chi connectivity index (χ0) is 16.6. The predicted octanol–water partition coefficient (Wildman–Crippen LogP) is 4.63. The number of rotatable bonds is 6. The van der Waals surface area contributed by atoms with E-state index < -0.39 is 0 Å². The van der Waals surface area contributed by atoms with Crippen molar-refractivity contribution in [3.8, 4) is 0 Å². The molecule has 0 fully saturated rings. The molecule has 0 aromatic heterocycles. The molecule has 0 aliphatic heterocycles. The van der Waals surface area contributed by atoms with E-state index in [9.17, 15) is 4.79 Å². The zero-order valence-corrected chi connectivity index (χ0v) is 14.6. The maximum absolute atomic E-state index is 12.2. The molecule has 1 amide bonds. The Bertz CT molecular complexity index is 696. The third-order valence-electron chi connectivity index (χ3n) is 4.26. The minimum atomic E-state index is 0.134. The van der Waals surface area contributed by atoms with E-state index in [1.165, 1.54) is 16.7 Å². The summed E-state index contributed by atoms with van der Waals surface area (Å²) in [5, 5.41) is 3.20. The number of carbonyl (C=O) groups excluding carboxylic acids is 1. The van der Waals surface area contributed by atoms with E-state index in [0.29, 0.717) is 5.75 Å². The van der Waals surface area contributed by atoms with Gasteiger partial charge < -0.3 is 5.32 Å². The highest BCUT2D eigenvalue weighted by molar-refractivity contribution is 8.00. The van der Waals surface area contributed by atoms with Crippen LogP contribution in [0.4, 0.5) is 0 Å². The van der Waals surface area contributed by atoms with E-state index in [0.717, 1.165) is 25.0 Å². The van der Waals surface area contributed by atoms with E-state index >= 15 is 0 Å². The molecule has 0 radical (unpaired) electrons. The van der Waals surface area contributed by atoms with Gasteiger partial charge in [-0.1, -0.05) is 66.7 Å². The Morgan fingerprint density at radius 1 is 1.12 bits per heavy atom. The molecule has 0 heterocycles. The standard InChI is InChI=1S/C21H23NOS/c23-21(16-24-15-7-10-17-8-2-1-3-9-17)22-20-14-6-12-18-11-4-5-13-19(18)20/h1-5,7-11,13,20H,6,12,14-16H2,(H,22,23)/b10-7+/t20-/m0/s1. The molecule has 124 valence electrons. The highest BCUT2D eigenvalue weighted by Gasteiger charge is 2.20. The molecule has 0 unspecified atom stereocenters. The van der Waals surface area contributed by atoms with Gasteiger partial charge in [0.1, 0.15) is 0 Å². The van der Waals surface area contributed by atoms with Gasteiger partial charge in [-0.05, 0) is 36.0 Å². The van der Waals surface area contributed by atoms with Gasteiger partial charge in [-0.3, -0.25) is 4.79 Å². The molecule has 1 aliphatic rings. The average Bonchev–Trinajstić information content (AvgIpc) is 2.63. The summed E-state index contributed by atoms with van der Waals surface area (Å²) in [6, 6.07) is 18.9. The third-order valence-corrected chi connectivity index (χ3v) is 5.16. The second-order valence-corrected chi connectivity index (χ2v) is 7.07. The molecule has 1 atom stereocenters. The third kappa shape index (κ3) is 4.75. The first-order valence-electron chi connectivity index (χ1n) is 8.49. The predicted molar refractivity (Wildman–Crippen MR) is 103 cm³/mol. The van der Waals surface area contributed by atoms with Crippen molar-refractivity contribution in [2.45, 2.75) is 25.3 Å². The van der Waals surface area contributed by atoms with Crippen LogP contribution in [0.5, 0.6) is 0 Å². The first-order valence-corrected chi connectivity index (χ1v) is 9.65. The number of thioether (sulfide) groups is 1. The summed E-state index contributed by atoms with van der Waals surface area (Å²) < 4.78 is 0. The van der Waals surface area contributed by atoms with Crippen LogP contribution < -0.4 is 5.32 Å². The van der Waals surface area contributed by atoms with Crippen LogP contribution in [0, 0.1) is 0 Å². The van der Waals surface area contributed by atoms with Crippen molar-refractivity contribution in [2.24, 2.45) is 0 Å². The van der Waals surface area contributed by atoms with Gasteiger partial charge in [-0.15, -0.1) is 11.8 Å². The molecule has 0 saturated carbocycles. The SMILES string of the molecule is O=C(CSC/C=C/c1ccccc1)N[C@H]1CCCc2ccccc21. The van der Waals surface area contributed by atoms with Gasteiger partial charge in [0.2, 0.25) is 5.91 Å². The second kappa shape index (κ2) is 8.74. The lowest BCUT2D eigenvalue weighted by atomic mass is 9.88. The van der Waals surface area contributed by atoms with Crippen LogP contribution in [0.1, 0.15) is 35.6 Å². The van der Waals surface area contributed by atoms with Gasteiger partial charge >= 0.3 is 0 Å². The van der Waals surface area contributed by atoms with E-state index in [1.54, 1.807) is 11.8 Å². The minimum Gasteiger partial charge on any atom is -0.349 e. The summed E-state index contributed by atoms with van der Waals surface area (Å²) >= 11 is 1.65. The van der Waals surface area contributed by atoms with Gasteiger partial charge in [0.25, 0.3) is 0 Å². The maximum atomic E-state index is 12.2.